The Morgan fingerprint density at radius 1 is 0.533 bits per heavy atom. The van der Waals surface area contributed by atoms with Gasteiger partial charge in [0.2, 0.25) is 0 Å². The van der Waals surface area contributed by atoms with Crippen molar-refractivity contribution in [3.8, 4) is 0 Å². The number of cyclic esters (lactones) is 1. The van der Waals surface area contributed by atoms with E-state index in [1.165, 1.54) is 116 Å². The van der Waals surface area contributed by atoms with Gasteiger partial charge < -0.3 is 37.9 Å². The molecule has 2 aliphatic heterocycles. The van der Waals surface area contributed by atoms with Gasteiger partial charge in [0.25, 0.3) is 16.8 Å². The number of hydrogen-bond acceptors (Lipinski definition) is 12. The quantitative estimate of drug-likeness (QED) is 0.0559. The van der Waals surface area contributed by atoms with Gasteiger partial charge in [0.15, 0.2) is 0 Å². The number of halogens is 9. The summed E-state index contributed by atoms with van der Waals surface area (Å²) in [4.78, 5) is 53.8. The summed E-state index contributed by atoms with van der Waals surface area (Å²) in [7, 11) is 2.08. The van der Waals surface area contributed by atoms with Crippen molar-refractivity contribution in [3.05, 3.63) is 168 Å². The molecule has 406 valence electrons. The zero-order valence-electron chi connectivity index (χ0n) is 40.9. The number of alkyl halides is 9. The SMILES string of the molecule is CO[C@](C(=O)O[C@H]1C/C=C\C=C\[C@@H](OC(=O)[C@@](OC)(c2ccccc2)C(F)(F)F)C/C=C/C=C\C(=O)O[C@H](C)CCC[C@@H](OC(=O)[C@@](OC)(c2ccccc2)C(F)(F)F)/C=C/[C@@H]2O[C@@H]2C1)(c1ccccc1)C(F)(F)F. The highest BCUT2D eigenvalue weighted by molar-refractivity contribution is 5.84. The third-order valence-electron chi connectivity index (χ3n) is 12.2. The lowest BCUT2D eigenvalue weighted by molar-refractivity contribution is -0.279. The topological polar surface area (TPSA) is 145 Å². The number of esters is 4. The van der Waals surface area contributed by atoms with E-state index in [0.29, 0.717) is 21.3 Å². The molecule has 5 rings (SSSR count). The van der Waals surface area contributed by atoms with Crippen LogP contribution >= 0.6 is 0 Å². The molecule has 12 nitrogen and oxygen atoms in total. The first-order valence-electron chi connectivity index (χ1n) is 23.4. The molecule has 9 atom stereocenters. The van der Waals surface area contributed by atoms with Gasteiger partial charge in [-0.3, -0.25) is 0 Å². The Morgan fingerprint density at radius 2 is 0.973 bits per heavy atom. The van der Waals surface area contributed by atoms with Crippen LogP contribution in [0.2, 0.25) is 0 Å². The molecule has 0 aliphatic carbocycles. The van der Waals surface area contributed by atoms with Crippen LogP contribution in [0.1, 0.15) is 62.1 Å². The van der Waals surface area contributed by atoms with Crippen molar-refractivity contribution in [2.24, 2.45) is 0 Å². The maximum atomic E-state index is 15.0. The smallest absolute Gasteiger partial charge is 0.432 e. The number of fused-ring (bicyclic) bond motifs is 1. The highest BCUT2D eigenvalue weighted by Gasteiger charge is 2.66. The first-order valence-corrected chi connectivity index (χ1v) is 23.4. The third kappa shape index (κ3) is 14.2. The van der Waals surface area contributed by atoms with Gasteiger partial charge in [-0.25, -0.2) is 19.2 Å². The van der Waals surface area contributed by atoms with Crippen LogP contribution in [0, 0.1) is 0 Å². The van der Waals surface area contributed by atoms with Crippen LogP contribution in [0.3, 0.4) is 0 Å². The lowest BCUT2D eigenvalue weighted by atomic mass is 9.92. The molecule has 0 bridgehead atoms. The molecule has 0 amide bonds. The summed E-state index contributed by atoms with van der Waals surface area (Å²) in [5, 5.41) is 0. The summed E-state index contributed by atoms with van der Waals surface area (Å²) in [5.41, 5.74) is -12.4. The fraction of sp³-hybridized carbons (Fsp3) is 0.407. The molecule has 0 aromatic heterocycles. The molecule has 0 N–H and O–H groups in total. The Morgan fingerprint density at radius 3 is 1.44 bits per heavy atom. The average Bonchev–Trinajstić information content (AvgIpc) is 4.10. The first kappa shape index (κ1) is 59.3. The van der Waals surface area contributed by atoms with Crippen LogP contribution in [0.15, 0.2) is 152 Å². The van der Waals surface area contributed by atoms with E-state index < -0.39 is 113 Å². The van der Waals surface area contributed by atoms with Gasteiger partial charge in [0, 0.05) is 63.4 Å². The number of methoxy groups -OCH3 is 3. The maximum absolute atomic E-state index is 15.0. The Hall–Kier alpha value is -6.55. The molecule has 0 spiro atoms. The van der Waals surface area contributed by atoms with Crippen molar-refractivity contribution in [1.29, 1.82) is 0 Å². The molecule has 0 saturated carbocycles. The van der Waals surface area contributed by atoms with Gasteiger partial charge in [-0.15, -0.1) is 0 Å². The molecule has 0 radical (unpaired) electrons. The van der Waals surface area contributed by atoms with E-state index >= 15 is 0 Å². The van der Waals surface area contributed by atoms with Crippen LogP contribution in [0.25, 0.3) is 0 Å². The van der Waals surface area contributed by atoms with Crippen molar-refractivity contribution < 1.29 is 96.6 Å². The van der Waals surface area contributed by atoms with Gasteiger partial charge in [0.05, 0.1) is 12.2 Å². The van der Waals surface area contributed by atoms with Crippen molar-refractivity contribution >= 4 is 23.9 Å². The molecular weight excluding hydrogens is 1010 g/mol. The van der Waals surface area contributed by atoms with Crippen molar-refractivity contribution in [2.75, 3.05) is 21.3 Å². The molecule has 3 aromatic carbocycles. The largest absolute Gasteiger partial charge is 0.460 e. The van der Waals surface area contributed by atoms with Crippen LogP contribution < -0.4 is 0 Å². The fourth-order valence-corrected chi connectivity index (χ4v) is 8.22. The van der Waals surface area contributed by atoms with Crippen LogP contribution in [-0.4, -0.2) is 100 Å². The number of allylic oxidation sites excluding steroid dienone is 4. The Bertz CT molecular complexity index is 2510. The third-order valence-corrected chi connectivity index (χ3v) is 12.2. The van der Waals surface area contributed by atoms with E-state index in [2.05, 4.69) is 0 Å². The average molecular weight is 1070 g/mol. The van der Waals surface area contributed by atoms with E-state index in [4.69, 9.17) is 37.9 Å². The summed E-state index contributed by atoms with van der Waals surface area (Å²) in [6.07, 6.45) is -10.8. The predicted octanol–water partition coefficient (Wildman–Crippen LogP) is 10.9. The van der Waals surface area contributed by atoms with Gasteiger partial charge in [-0.2, -0.15) is 39.5 Å². The lowest BCUT2D eigenvalue weighted by Gasteiger charge is -2.33. The summed E-state index contributed by atoms with van der Waals surface area (Å²) >= 11 is 0. The Kier molecular flexibility index (Phi) is 20.4. The highest BCUT2D eigenvalue weighted by Crippen LogP contribution is 2.46. The van der Waals surface area contributed by atoms with Crippen LogP contribution in [-0.2, 0) is 73.9 Å². The van der Waals surface area contributed by atoms with E-state index in [9.17, 15) is 58.7 Å². The van der Waals surface area contributed by atoms with E-state index in [1.54, 1.807) is 0 Å². The van der Waals surface area contributed by atoms with Gasteiger partial charge >= 0.3 is 42.4 Å². The minimum absolute atomic E-state index is 0.107. The van der Waals surface area contributed by atoms with Crippen molar-refractivity contribution in [2.45, 2.75) is 117 Å². The molecule has 2 heterocycles. The molecule has 1 fully saturated rings. The number of carbonyl (C=O) groups excluding carboxylic acids is 4. The molecule has 2 aliphatic rings. The standard InChI is InChI=1S/C54H55F9O12/c1-36-21-20-31-41(73-47(66)50(69-3,53(58,59)60)38-24-12-6-13-25-38)33-34-43-44(75-43)35-42(74-48(67)51(70-4,54(61,62)63)39-26-14-7-15-27-39)30-18-8-16-28-40(29-17-9-19-32-45(64)71-36)72-46(65)49(68-2,52(55,56)57)37-22-10-5-11-23-37/h5-19,22-28,32-34,36,40-44H,20-21,29-31,35H2,1-4H3/b17-9+,18-8-,28-16+,32-19-,34-33+/t36-,40-,41-,42+,43+,44-,49+,50+,51+/m1/s1. The number of hydrogen-bond donors (Lipinski definition) is 0. The molecule has 75 heavy (non-hydrogen) atoms. The van der Waals surface area contributed by atoms with Crippen molar-refractivity contribution in [3.63, 3.8) is 0 Å². The predicted molar refractivity (Wildman–Crippen MR) is 251 cm³/mol. The van der Waals surface area contributed by atoms with E-state index in [-0.39, 0.29) is 38.5 Å². The van der Waals surface area contributed by atoms with Crippen LogP contribution in [0.5, 0.6) is 0 Å². The molecular formula is C54H55F9O12. The Balaban J connectivity index is 1.49. The zero-order chi connectivity index (χ0) is 55.1. The second-order valence-corrected chi connectivity index (χ2v) is 17.2. The van der Waals surface area contributed by atoms with Gasteiger partial charge in [0.1, 0.15) is 24.4 Å². The summed E-state index contributed by atoms with van der Waals surface area (Å²) < 4.78 is 176. The number of rotatable bonds is 12. The summed E-state index contributed by atoms with van der Waals surface area (Å²) in [6.45, 7) is 1.53. The normalized spacial score (nSPS) is 26.1. The number of benzene rings is 3. The van der Waals surface area contributed by atoms with E-state index in [1.807, 2.05) is 0 Å². The minimum Gasteiger partial charge on any atom is -0.460 e. The zero-order valence-corrected chi connectivity index (χ0v) is 40.9. The first-order chi connectivity index (χ1) is 35.5. The summed E-state index contributed by atoms with van der Waals surface area (Å²) in [5.74, 6) is -6.27. The van der Waals surface area contributed by atoms with Crippen molar-refractivity contribution in [1.82, 2.24) is 0 Å². The molecule has 21 heteroatoms. The van der Waals surface area contributed by atoms with Gasteiger partial charge in [-0.05, 0) is 38.3 Å². The van der Waals surface area contributed by atoms with Gasteiger partial charge in [-0.1, -0.05) is 134 Å². The molecule has 0 unspecified atom stereocenters. The Labute approximate surface area is 426 Å². The second-order valence-electron chi connectivity index (χ2n) is 17.2. The monoisotopic (exact) mass is 1070 g/mol. The second kappa shape index (κ2) is 25.8. The summed E-state index contributed by atoms with van der Waals surface area (Å²) in [6, 6.07) is 18.1. The number of ether oxygens (including phenoxy) is 8. The highest BCUT2D eigenvalue weighted by atomic mass is 19.4. The maximum Gasteiger partial charge on any atom is 0.432 e. The molecule has 1 saturated heterocycles. The number of carbonyl (C=O) groups is 4. The minimum atomic E-state index is -5.36. The van der Waals surface area contributed by atoms with Crippen LogP contribution in [0.4, 0.5) is 39.5 Å². The van der Waals surface area contributed by atoms with E-state index in [0.717, 1.165) is 42.5 Å². The number of epoxide rings is 1. The molecule has 3 aromatic rings. The lowest BCUT2D eigenvalue weighted by Crippen LogP contribution is -2.52. The fourth-order valence-electron chi connectivity index (χ4n) is 8.22.